The third kappa shape index (κ3) is 4.83. The molecule has 0 spiro atoms. The molecule has 0 aliphatic heterocycles. The van der Waals surface area contributed by atoms with Crippen molar-refractivity contribution in [3.63, 3.8) is 0 Å². The first kappa shape index (κ1) is 13.5. The molecule has 92 valence electrons. The first-order valence-corrected chi connectivity index (χ1v) is 7.09. The summed E-state index contributed by atoms with van der Waals surface area (Å²) in [5.74, 6) is -0.457. The number of nitriles is 1. The van der Waals surface area contributed by atoms with Crippen LogP contribution in [0, 0.1) is 17.1 Å². The molecule has 0 amide bonds. The minimum absolute atomic E-state index is 0.0295. The maximum Gasteiger partial charge on any atom is 0.147 e. The molecule has 0 bridgehead atoms. The van der Waals surface area contributed by atoms with Gasteiger partial charge >= 0.3 is 0 Å². The van der Waals surface area contributed by atoms with Crippen molar-refractivity contribution in [1.82, 2.24) is 0 Å². The molecule has 0 aliphatic carbocycles. The second-order valence-corrected chi connectivity index (χ2v) is 5.98. The lowest BCUT2D eigenvalue weighted by Gasteiger charge is -2.06. The van der Waals surface area contributed by atoms with Gasteiger partial charge in [-0.2, -0.15) is 5.26 Å². The molecule has 0 aromatic heterocycles. The fraction of sp³-hybridized carbons (Fsp3) is 0.364. The molecule has 0 atom stereocenters. The van der Waals surface area contributed by atoms with Gasteiger partial charge in [0.1, 0.15) is 21.7 Å². The number of sulfone groups is 1. The standard InChI is InChI=1S/C11H13FN2O2S/c1-17(15,16)6-2-5-14-10-3-4-11(12)9(7-10)8-13/h3-4,7,14H,2,5-6H2,1H3. The summed E-state index contributed by atoms with van der Waals surface area (Å²) in [5.41, 5.74) is 0.578. The van der Waals surface area contributed by atoms with Gasteiger partial charge in [0.15, 0.2) is 0 Å². The third-order valence-corrected chi connectivity index (χ3v) is 3.14. The van der Waals surface area contributed by atoms with E-state index in [-0.39, 0.29) is 11.3 Å². The van der Waals surface area contributed by atoms with E-state index in [1.54, 1.807) is 6.07 Å². The molecule has 1 N–H and O–H groups in total. The number of halogens is 1. The summed E-state index contributed by atoms with van der Waals surface area (Å²) in [7, 11) is -2.95. The van der Waals surface area contributed by atoms with Crippen molar-refractivity contribution in [3.8, 4) is 6.07 Å². The Bertz CT molecular complexity index is 535. The lowest BCUT2D eigenvalue weighted by atomic mass is 10.2. The van der Waals surface area contributed by atoms with Crippen molar-refractivity contribution < 1.29 is 12.8 Å². The molecule has 0 saturated carbocycles. The van der Waals surface area contributed by atoms with E-state index in [2.05, 4.69) is 5.32 Å². The molecular weight excluding hydrogens is 243 g/mol. The largest absolute Gasteiger partial charge is 0.385 e. The topological polar surface area (TPSA) is 70.0 Å². The van der Waals surface area contributed by atoms with Crippen molar-refractivity contribution in [2.45, 2.75) is 6.42 Å². The molecule has 0 fully saturated rings. The molecule has 0 unspecified atom stereocenters. The molecule has 0 saturated heterocycles. The van der Waals surface area contributed by atoms with Gasteiger partial charge < -0.3 is 5.32 Å². The van der Waals surface area contributed by atoms with Gasteiger partial charge in [-0.05, 0) is 24.6 Å². The number of hydrogen-bond acceptors (Lipinski definition) is 4. The summed E-state index contributed by atoms with van der Waals surface area (Å²) in [4.78, 5) is 0. The number of benzene rings is 1. The van der Waals surface area contributed by atoms with Crippen molar-refractivity contribution in [2.24, 2.45) is 0 Å². The summed E-state index contributed by atoms with van der Waals surface area (Å²) < 4.78 is 34.7. The Kier molecular flexibility index (Phi) is 4.46. The Morgan fingerprint density at radius 1 is 1.47 bits per heavy atom. The summed E-state index contributed by atoms with van der Waals surface area (Å²) in [6.45, 7) is 0.462. The van der Waals surface area contributed by atoms with Gasteiger partial charge in [-0.25, -0.2) is 12.8 Å². The van der Waals surface area contributed by atoms with Crippen LogP contribution < -0.4 is 5.32 Å². The molecular formula is C11H13FN2O2S. The van der Waals surface area contributed by atoms with E-state index < -0.39 is 15.7 Å². The van der Waals surface area contributed by atoms with E-state index >= 15 is 0 Å². The predicted octanol–water partition coefficient (Wildman–Crippen LogP) is 1.54. The zero-order chi connectivity index (χ0) is 12.9. The minimum Gasteiger partial charge on any atom is -0.385 e. The Labute approximate surface area is 100.0 Å². The van der Waals surface area contributed by atoms with E-state index in [1.807, 2.05) is 0 Å². The van der Waals surface area contributed by atoms with Gasteiger partial charge in [0.05, 0.1) is 11.3 Å². The van der Waals surface area contributed by atoms with Crippen LogP contribution in [0.1, 0.15) is 12.0 Å². The Morgan fingerprint density at radius 2 is 2.18 bits per heavy atom. The predicted molar refractivity (Wildman–Crippen MR) is 63.9 cm³/mol. The van der Waals surface area contributed by atoms with Crippen LogP contribution in [0.15, 0.2) is 18.2 Å². The quantitative estimate of drug-likeness (QED) is 0.811. The molecule has 0 radical (unpaired) electrons. The number of hydrogen-bond donors (Lipinski definition) is 1. The average Bonchev–Trinajstić information content (AvgIpc) is 2.25. The Balaban J connectivity index is 2.51. The second-order valence-electron chi connectivity index (χ2n) is 3.72. The maximum absolute atomic E-state index is 13.0. The summed E-state index contributed by atoms with van der Waals surface area (Å²) >= 11 is 0. The van der Waals surface area contributed by atoms with Crippen molar-refractivity contribution in [2.75, 3.05) is 23.9 Å². The summed E-state index contributed by atoms with van der Waals surface area (Å²) in [5, 5.41) is 11.6. The highest BCUT2D eigenvalue weighted by Crippen LogP contribution is 2.13. The average molecular weight is 256 g/mol. The van der Waals surface area contributed by atoms with Crippen LogP contribution in [0.3, 0.4) is 0 Å². The lowest BCUT2D eigenvalue weighted by Crippen LogP contribution is -2.09. The van der Waals surface area contributed by atoms with Crippen LogP contribution in [0.2, 0.25) is 0 Å². The highest BCUT2D eigenvalue weighted by Gasteiger charge is 2.03. The van der Waals surface area contributed by atoms with E-state index in [9.17, 15) is 12.8 Å². The van der Waals surface area contributed by atoms with E-state index in [4.69, 9.17) is 5.26 Å². The second kappa shape index (κ2) is 5.64. The lowest BCUT2D eigenvalue weighted by molar-refractivity contribution is 0.600. The molecule has 6 heteroatoms. The van der Waals surface area contributed by atoms with Crippen LogP contribution in [0.5, 0.6) is 0 Å². The third-order valence-electron chi connectivity index (χ3n) is 2.11. The monoisotopic (exact) mass is 256 g/mol. The van der Waals surface area contributed by atoms with Gasteiger partial charge in [0.2, 0.25) is 0 Å². The molecule has 0 aliphatic rings. The molecule has 0 heterocycles. The van der Waals surface area contributed by atoms with Gasteiger partial charge in [-0.1, -0.05) is 0 Å². The molecule has 4 nitrogen and oxygen atoms in total. The normalized spacial score (nSPS) is 10.9. The van der Waals surface area contributed by atoms with Crippen molar-refractivity contribution in [3.05, 3.63) is 29.6 Å². The zero-order valence-corrected chi connectivity index (χ0v) is 10.2. The smallest absolute Gasteiger partial charge is 0.147 e. The fourth-order valence-electron chi connectivity index (χ4n) is 1.29. The molecule has 1 aromatic carbocycles. The molecule has 17 heavy (non-hydrogen) atoms. The zero-order valence-electron chi connectivity index (χ0n) is 9.40. The summed E-state index contributed by atoms with van der Waals surface area (Å²) in [6.07, 6.45) is 1.65. The van der Waals surface area contributed by atoms with Crippen LogP contribution in [-0.2, 0) is 9.84 Å². The SMILES string of the molecule is CS(=O)(=O)CCCNc1ccc(F)c(C#N)c1. The highest BCUT2D eigenvalue weighted by molar-refractivity contribution is 7.90. The maximum atomic E-state index is 13.0. The van der Waals surface area contributed by atoms with Crippen LogP contribution in [0.4, 0.5) is 10.1 Å². The van der Waals surface area contributed by atoms with Crippen molar-refractivity contribution in [1.29, 1.82) is 5.26 Å². The van der Waals surface area contributed by atoms with Crippen molar-refractivity contribution >= 4 is 15.5 Å². The Morgan fingerprint density at radius 3 is 2.76 bits per heavy atom. The van der Waals surface area contributed by atoms with E-state index in [0.717, 1.165) is 0 Å². The summed E-state index contributed by atoms with van der Waals surface area (Å²) in [6, 6.07) is 5.85. The Hall–Kier alpha value is -1.61. The highest BCUT2D eigenvalue weighted by atomic mass is 32.2. The van der Waals surface area contributed by atoms with Gasteiger partial charge in [-0.15, -0.1) is 0 Å². The number of anilines is 1. The number of nitrogens with one attached hydrogen (secondary N) is 1. The van der Waals surface area contributed by atoms with Gasteiger partial charge in [0.25, 0.3) is 0 Å². The van der Waals surface area contributed by atoms with E-state index in [0.29, 0.717) is 18.7 Å². The molecule has 1 aromatic rings. The molecule has 1 rings (SSSR count). The van der Waals surface area contributed by atoms with Crippen LogP contribution >= 0.6 is 0 Å². The first-order chi connectivity index (χ1) is 7.92. The fourth-order valence-corrected chi connectivity index (χ4v) is 1.96. The number of nitrogens with zero attached hydrogens (tertiary/aromatic N) is 1. The first-order valence-electron chi connectivity index (χ1n) is 5.03. The van der Waals surface area contributed by atoms with E-state index in [1.165, 1.54) is 24.5 Å². The van der Waals surface area contributed by atoms with Crippen LogP contribution in [-0.4, -0.2) is 27.0 Å². The van der Waals surface area contributed by atoms with Crippen LogP contribution in [0.25, 0.3) is 0 Å². The number of rotatable bonds is 5. The van der Waals surface area contributed by atoms with Gasteiger partial charge in [0, 0.05) is 18.5 Å². The minimum atomic E-state index is -2.95. The van der Waals surface area contributed by atoms with Gasteiger partial charge in [-0.3, -0.25) is 0 Å².